The van der Waals surface area contributed by atoms with Gasteiger partial charge in [0.1, 0.15) is 6.04 Å². The van der Waals surface area contributed by atoms with Crippen LogP contribution in [-0.2, 0) is 31.1 Å². The Morgan fingerprint density at radius 1 is 0.786 bits per heavy atom. The fraction of sp³-hybridized carbons (Fsp3) is 0.188. The van der Waals surface area contributed by atoms with Crippen LogP contribution in [0.1, 0.15) is 33.6 Å². The van der Waals surface area contributed by atoms with Crippen LogP contribution >= 0.6 is 11.8 Å². The quantitative estimate of drug-likeness (QED) is 0.226. The Bertz CT molecular complexity index is 1550. The molecule has 0 fully saturated rings. The summed E-state index contributed by atoms with van der Waals surface area (Å²) in [6, 6.07) is 28.8. The standard InChI is InChI=1S/C32H29NO6S3/c1-41(37)22-15-11-20(12-16-22)30(21-13-17-23(18-14-21)42(2)38)40-19-28(31(34)35)33-32(36)39-29-26-9-5-3-7-24(26)25-8-4-6-10-27(25)29/h3-18,28-30H,19H2,1-2H3,(H,33,36)(H,34,35). The molecule has 3 atom stereocenters. The fourth-order valence-electron chi connectivity index (χ4n) is 4.94. The predicted molar refractivity (Wildman–Crippen MR) is 167 cm³/mol. The number of fused-ring (bicyclic) bond motifs is 3. The molecule has 0 radical (unpaired) electrons. The molecule has 1 aliphatic carbocycles. The Balaban J connectivity index is 1.34. The summed E-state index contributed by atoms with van der Waals surface area (Å²) in [5.74, 6) is -1.13. The van der Waals surface area contributed by atoms with Crippen LogP contribution < -0.4 is 5.32 Å². The first-order valence-electron chi connectivity index (χ1n) is 13.1. The molecule has 0 saturated heterocycles. The number of thioether (sulfide) groups is 1. The van der Waals surface area contributed by atoms with Gasteiger partial charge in [-0.2, -0.15) is 0 Å². The van der Waals surface area contributed by atoms with E-state index in [1.54, 1.807) is 36.8 Å². The van der Waals surface area contributed by atoms with Crippen molar-refractivity contribution < 1.29 is 27.9 Å². The van der Waals surface area contributed by atoms with Gasteiger partial charge in [0.15, 0.2) is 6.10 Å². The molecule has 0 aliphatic heterocycles. The normalized spacial score (nSPS) is 15.1. The summed E-state index contributed by atoms with van der Waals surface area (Å²) in [5.41, 5.74) is 5.42. The van der Waals surface area contributed by atoms with Gasteiger partial charge in [0.2, 0.25) is 0 Å². The van der Waals surface area contributed by atoms with E-state index in [1.165, 1.54) is 11.8 Å². The van der Waals surface area contributed by atoms with Gasteiger partial charge in [-0.1, -0.05) is 72.8 Å². The van der Waals surface area contributed by atoms with Gasteiger partial charge in [-0.3, -0.25) is 8.42 Å². The minimum Gasteiger partial charge on any atom is -0.480 e. The van der Waals surface area contributed by atoms with Crippen LogP contribution in [-0.4, -0.2) is 49.9 Å². The molecule has 4 aromatic rings. The Kier molecular flexibility index (Phi) is 9.25. The molecule has 0 heterocycles. The number of carboxylic acid groups (broad SMARTS) is 1. The number of hydrogen-bond donors (Lipinski definition) is 2. The molecule has 5 rings (SSSR count). The van der Waals surface area contributed by atoms with E-state index in [2.05, 4.69) is 5.32 Å². The summed E-state index contributed by atoms with van der Waals surface area (Å²) in [6.07, 6.45) is 1.75. The fourth-order valence-corrected chi connectivity index (χ4v) is 7.29. The largest absolute Gasteiger partial charge is 0.480 e. The first-order chi connectivity index (χ1) is 20.2. The molecule has 2 N–H and O–H groups in total. The van der Waals surface area contributed by atoms with Crippen molar-refractivity contribution in [1.82, 2.24) is 5.32 Å². The number of amides is 1. The lowest BCUT2D eigenvalue weighted by atomic mass is 10.0. The average Bonchev–Trinajstić information content (AvgIpc) is 3.30. The minimum atomic E-state index is -1.22. The number of nitrogens with one attached hydrogen (secondary N) is 1. The van der Waals surface area contributed by atoms with Crippen LogP contribution in [0.25, 0.3) is 11.1 Å². The van der Waals surface area contributed by atoms with Crippen molar-refractivity contribution in [2.45, 2.75) is 27.2 Å². The maximum atomic E-state index is 13.1. The predicted octanol–water partition coefficient (Wildman–Crippen LogP) is 5.93. The number of carbonyl (C=O) groups is 2. The number of benzene rings is 4. The van der Waals surface area contributed by atoms with Gasteiger partial charge in [0.05, 0.1) is 5.25 Å². The maximum absolute atomic E-state index is 13.1. The lowest BCUT2D eigenvalue weighted by molar-refractivity contribution is -0.138. The molecule has 0 aromatic heterocycles. The Hall–Kier alpha value is -3.73. The van der Waals surface area contributed by atoms with Crippen LogP contribution in [0.2, 0.25) is 0 Å². The van der Waals surface area contributed by atoms with Crippen LogP contribution in [0.4, 0.5) is 4.79 Å². The zero-order valence-corrected chi connectivity index (χ0v) is 25.3. The maximum Gasteiger partial charge on any atom is 0.408 e. The second-order valence-corrected chi connectivity index (χ2v) is 13.7. The molecule has 3 unspecified atom stereocenters. The summed E-state index contributed by atoms with van der Waals surface area (Å²) in [6.45, 7) is 0. The number of rotatable bonds is 10. The summed E-state index contributed by atoms with van der Waals surface area (Å²) in [4.78, 5) is 26.7. The van der Waals surface area contributed by atoms with Gasteiger partial charge >= 0.3 is 12.1 Å². The number of carboxylic acids is 1. The van der Waals surface area contributed by atoms with E-state index in [0.29, 0.717) is 9.79 Å². The van der Waals surface area contributed by atoms with E-state index in [-0.39, 0.29) is 11.0 Å². The van der Waals surface area contributed by atoms with Crippen molar-refractivity contribution >= 4 is 45.4 Å². The van der Waals surface area contributed by atoms with E-state index >= 15 is 0 Å². The molecule has 10 heteroatoms. The van der Waals surface area contributed by atoms with Crippen molar-refractivity contribution in [1.29, 1.82) is 0 Å². The van der Waals surface area contributed by atoms with Gasteiger partial charge in [0, 0.05) is 60.8 Å². The topological polar surface area (TPSA) is 110 Å². The van der Waals surface area contributed by atoms with Gasteiger partial charge in [-0.05, 0) is 46.5 Å². The minimum absolute atomic E-state index is 0.0514. The van der Waals surface area contributed by atoms with Crippen molar-refractivity contribution in [3.8, 4) is 11.1 Å². The molecular formula is C32H29NO6S3. The SMILES string of the molecule is CS(=O)c1ccc(C(SCC(NC(=O)OC2c3ccccc3-c3ccccc32)C(=O)O)c2ccc(S(C)=O)cc2)cc1. The molecule has 0 spiro atoms. The van der Waals surface area contributed by atoms with Crippen LogP contribution in [0.5, 0.6) is 0 Å². The molecule has 216 valence electrons. The third-order valence-electron chi connectivity index (χ3n) is 7.05. The first kappa shape index (κ1) is 29.8. The molecular weight excluding hydrogens is 591 g/mol. The Morgan fingerprint density at radius 2 is 1.24 bits per heavy atom. The highest BCUT2D eigenvalue weighted by molar-refractivity contribution is 7.99. The molecule has 1 aliphatic rings. The highest BCUT2D eigenvalue weighted by Crippen LogP contribution is 2.45. The third-order valence-corrected chi connectivity index (χ3v) is 10.3. The number of hydrogen-bond acceptors (Lipinski definition) is 6. The molecule has 4 aromatic carbocycles. The van der Waals surface area contributed by atoms with Crippen molar-refractivity contribution in [2.75, 3.05) is 18.3 Å². The molecule has 42 heavy (non-hydrogen) atoms. The highest BCUT2D eigenvalue weighted by Gasteiger charge is 2.32. The van der Waals surface area contributed by atoms with E-state index in [0.717, 1.165) is 33.4 Å². The van der Waals surface area contributed by atoms with E-state index in [4.69, 9.17) is 4.74 Å². The van der Waals surface area contributed by atoms with E-state index in [1.807, 2.05) is 72.8 Å². The molecule has 0 saturated carbocycles. The Morgan fingerprint density at radius 3 is 1.67 bits per heavy atom. The van der Waals surface area contributed by atoms with E-state index in [9.17, 15) is 23.1 Å². The smallest absolute Gasteiger partial charge is 0.408 e. The van der Waals surface area contributed by atoms with Crippen LogP contribution in [0, 0.1) is 0 Å². The molecule has 0 bridgehead atoms. The number of aliphatic carboxylic acids is 1. The zero-order chi connectivity index (χ0) is 29.8. The van der Waals surface area contributed by atoms with Crippen LogP contribution in [0.3, 0.4) is 0 Å². The number of carbonyl (C=O) groups excluding carboxylic acids is 1. The summed E-state index contributed by atoms with van der Waals surface area (Å²) in [7, 11) is -2.27. The Labute approximate surface area is 253 Å². The summed E-state index contributed by atoms with van der Waals surface area (Å²) >= 11 is 1.35. The van der Waals surface area contributed by atoms with Gasteiger partial charge in [0.25, 0.3) is 0 Å². The van der Waals surface area contributed by atoms with E-state index < -0.39 is 45.8 Å². The number of ether oxygens (including phenoxy) is 1. The molecule has 1 amide bonds. The lowest BCUT2D eigenvalue weighted by Crippen LogP contribution is -2.43. The lowest BCUT2D eigenvalue weighted by Gasteiger charge is -2.22. The highest BCUT2D eigenvalue weighted by atomic mass is 32.2. The van der Waals surface area contributed by atoms with Crippen molar-refractivity contribution in [3.63, 3.8) is 0 Å². The second kappa shape index (κ2) is 13.1. The molecule has 7 nitrogen and oxygen atoms in total. The van der Waals surface area contributed by atoms with Crippen molar-refractivity contribution in [2.24, 2.45) is 0 Å². The van der Waals surface area contributed by atoms with Gasteiger partial charge in [-0.25, -0.2) is 9.59 Å². The third kappa shape index (κ3) is 6.51. The number of alkyl carbamates (subject to hydrolysis) is 1. The summed E-state index contributed by atoms with van der Waals surface area (Å²) < 4.78 is 29.6. The van der Waals surface area contributed by atoms with Crippen LogP contribution in [0.15, 0.2) is 107 Å². The monoisotopic (exact) mass is 619 g/mol. The first-order valence-corrected chi connectivity index (χ1v) is 17.3. The summed E-state index contributed by atoms with van der Waals surface area (Å²) in [5, 5.41) is 12.3. The van der Waals surface area contributed by atoms with Gasteiger partial charge in [-0.15, -0.1) is 11.8 Å². The average molecular weight is 620 g/mol. The van der Waals surface area contributed by atoms with Crippen molar-refractivity contribution in [3.05, 3.63) is 119 Å². The zero-order valence-electron chi connectivity index (χ0n) is 22.9. The van der Waals surface area contributed by atoms with Gasteiger partial charge < -0.3 is 15.2 Å². The second-order valence-electron chi connectivity index (χ2n) is 9.75.